The summed E-state index contributed by atoms with van der Waals surface area (Å²) >= 11 is 6.09. The highest BCUT2D eigenvalue weighted by atomic mass is 35.5. The number of carbonyl (C=O) groups is 1. The fourth-order valence-corrected chi connectivity index (χ4v) is 4.15. The summed E-state index contributed by atoms with van der Waals surface area (Å²) in [4.78, 5) is 17.1. The summed E-state index contributed by atoms with van der Waals surface area (Å²) in [5.41, 5.74) is 1.59. The van der Waals surface area contributed by atoms with Crippen molar-refractivity contribution >= 4 is 38.9 Å². The van der Waals surface area contributed by atoms with Gasteiger partial charge in [-0.05, 0) is 48.9 Å². The van der Waals surface area contributed by atoms with Gasteiger partial charge in [-0.25, -0.2) is 8.42 Å². The maximum absolute atomic E-state index is 13.0. The fourth-order valence-electron chi connectivity index (χ4n) is 3.46. The second kappa shape index (κ2) is 9.78. The Kier molecular flexibility index (Phi) is 7.33. The van der Waals surface area contributed by atoms with Gasteiger partial charge in [-0.3, -0.25) is 9.10 Å². The third kappa shape index (κ3) is 5.83. The molecule has 1 heterocycles. The minimum Gasteiger partial charge on any atom is -0.481 e. The number of benzene rings is 2. The van der Waals surface area contributed by atoms with Crippen LogP contribution in [0.3, 0.4) is 0 Å². The number of sulfonamides is 1. The molecule has 0 N–H and O–H groups in total. The van der Waals surface area contributed by atoms with Crippen LogP contribution in [0.25, 0.3) is 0 Å². The Morgan fingerprint density at radius 2 is 1.77 bits per heavy atom. The highest BCUT2D eigenvalue weighted by Crippen LogP contribution is 2.23. The second-order valence-corrected chi connectivity index (χ2v) is 9.98. The molecule has 1 aliphatic rings. The van der Waals surface area contributed by atoms with Gasteiger partial charge in [0.2, 0.25) is 10.0 Å². The number of hydrogen-bond donors (Lipinski definition) is 0. The molecule has 7 nitrogen and oxygen atoms in total. The van der Waals surface area contributed by atoms with Gasteiger partial charge in [0.15, 0.2) is 6.10 Å². The predicted molar refractivity (Wildman–Crippen MR) is 125 cm³/mol. The lowest BCUT2D eigenvalue weighted by Gasteiger charge is -2.37. The van der Waals surface area contributed by atoms with Crippen molar-refractivity contribution in [3.8, 4) is 5.75 Å². The van der Waals surface area contributed by atoms with E-state index in [0.29, 0.717) is 36.0 Å². The lowest BCUT2D eigenvalue weighted by Crippen LogP contribution is -2.52. The Balaban J connectivity index is 1.59. The van der Waals surface area contributed by atoms with E-state index >= 15 is 0 Å². The number of anilines is 2. The molecule has 2 aromatic carbocycles. The lowest BCUT2D eigenvalue weighted by atomic mass is 10.2. The Hall–Kier alpha value is -2.45. The Labute approximate surface area is 189 Å². The smallest absolute Gasteiger partial charge is 0.263 e. The van der Waals surface area contributed by atoms with Crippen LogP contribution in [0.2, 0.25) is 5.02 Å². The van der Waals surface area contributed by atoms with Gasteiger partial charge < -0.3 is 14.5 Å². The van der Waals surface area contributed by atoms with Crippen LogP contribution in [0.15, 0.2) is 48.5 Å². The molecule has 0 aliphatic carbocycles. The third-order valence-corrected chi connectivity index (χ3v) is 6.83. The van der Waals surface area contributed by atoms with Crippen LogP contribution in [0.1, 0.15) is 13.3 Å². The zero-order chi connectivity index (χ0) is 22.6. The minimum atomic E-state index is -3.33. The molecule has 2 aromatic rings. The van der Waals surface area contributed by atoms with E-state index in [-0.39, 0.29) is 5.91 Å². The second-order valence-electron chi connectivity index (χ2n) is 7.53. The van der Waals surface area contributed by atoms with Gasteiger partial charge in [0.1, 0.15) is 5.75 Å². The van der Waals surface area contributed by atoms with Crippen molar-refractivity contribution < 1.29 is 17.9 Å². The van der Waals surface area contributed by atoms with Crippen molar-refractivity contribution in [2.45, 2.75) is 19.4 Å². The summed E-state index contributed by atoms with van der Waals surface area (Å²) in [5.74, 6) is 0.494. The van der Waals surface area contributed by atoms with Crippen LogP contribution in [0.5, 0.6) is 5.75 Å². The van der Waals surface area contributed by atoms with E-state index in [1.54, 1.807) is 24.3 Å². The molecule has 0 bridgehead atoms. The third-order valence-electron chi connectivity index (χ3n) is 5.39. The van der Waals surface area contributed by atoms with Crippen LogP contribution in [-0.4, -0.2) is 64.8 Å². The van der Waals surface area contributed by atoms with Crippen molar-refractivity contribution in [3.63, 3.8) is 0 Å². The van der Waals surface area contributed by atoms with Crippen LogP contribution >= 0.6 is 11.6 Å². The molecule has 1 saturated heterocycles. The van der Waals surface area contributed by atoms with Gasteiger partial charge in [-0.2, -0.15) is 0 Å². The van der Waals surface area contributed by atoms with Gasteiger partial charge in [-0.1, -0.05) is 24.6 Å². The summed E-state index contributed by atoms with van der Waals surface area (Å²) in [5, 5.41) is 0.698. The molecule has 168 valence electrons. The van der Waals surface area contributed by atoms with Crippen molar-refractivity contribution in [3.05, 3.63) is 53.6 Å². The molecule has 1 aliphatic heterocycles. The first kappa shape index (κ1) is 23.2. The topological polar surface area (TPSA) is 70.2 Å². The van der Waals surface area contributed by atoms with Crippen LogP contribution in [0.4, 0.5) is 11.4 Å². The highest BCUT2D eigenvalue weighted by Gasteiger charge is 2.28. The first-order chi connectivity index (χ1) is 14.7. The van der Waals surface area contributed by atoms with Gasteiger partial charge in [0, 0.05) is 43.9 Å². The summed E-state index contributed by atoms with van der Waals surface area (Å²) in [6, 6.07) is 14.4. The van der Waals surface area contributed by atoms with Gasteiger partial charge in [0.25, 0.3) is 5.91 Å². The molecule has 1 atom stereocenters. The van der Waals surface area contributed by atoms with Crippen molar-refractivity contribution in [1.29, 1.82) is 0 Å². The molecule has 1 amide bonds. The number of nitrogens with zero attached hydrogens (tertiary/aromatic N) is 3. The van der Waals surface area contributed by atoms with E-state index in [0.717, 1.165) is 25.0 Å². The lowest BCUT2D eigenvalue weighted by molar-refractivity contribution is -0.139. The average Bonchev–Trinajstić information content (AvgIpc) is 2.76. The van der Waals surface area contributed by atoms with Gasteiger partial charge in [0.05, 0.1) is 11.9 Å². The number of amides is 1. The molecular formula is C22H28ClN3O4S. The number of hydrogen-bond acceptors (Lipinski definition) is 5. The monoisotopic (exact) mass is 465 g/mol. The molecule has 0 radical (unpaired) electrons. The van der Waals surface area contributed by atoms with Gasteiger partial charge >= 0.3 is 0 Å². The van der Waals surface area contributed by atoms with Crippen LogP contribution in [-0.2, 0) is 14.8 Å². The summed E-state index contributed by atoms with van der Waals surface area (Å²) in [6.45, 7) is 4.60. The Morgan fingerprint density at radius 3 is 2.32 bits per heavy atom. The fraction of sp³-hybridized carbons (Fsp3) is 0.409. The van der Waals surface area contributed by atoms with Crippen LogP contribution in [0, 0.1) is 0 Å². The zero-order valence-corrected chi connectivity index (χ0v) is 19.6. The Morgan fingerprint density at radius 1 is 1.13 bits per heavy atom. The molecular weight excluding hydrogens is 438 g/mol. The van der Waals surface area contributed by atoms with Crippen molar-refractivity contribution in [1.82, 2.24) is 4.90 Å². The number of rotatable bonds is 7. The number of carbonyl (C=O) groups excluding carboxylic acids is 1. The van der Waals surface area contributed by atoms with E-state index in [4.69, 9.17) is 16.3 Å². The maximum Gasteiger partial charge on any atom is 0.263 e. The molecule has 0 spiro atoms. The SMILES string of the molecule is CC[C@@H](Oc1ccc(N(C)S(C)(=O)=O)cc1)C(=O)N1CCN(c2cccc(Cl)c2)CC1. The predicted octanol–water partition coefficient (Wildman–Crippen LogP) is 3.24. The first-order valence-corrected chi connectivity index (χ1v) is 12.4. The molecule has 3 rings (SSSR count). The zero-order valence-electron chi connectivity index (χ0n) is 18.0. The number of halogens is 1. The minimum absolute atomic E-state index is 0.0365. The molecule has 9 heteroatoms. The number of ether oxygens (including phenoxy) is 1. The Bertz CT molecular complexity index is 1010. The normalized spacial score (nSPS) is 15.5. The molecule has 0 aromatic heterocycles. The van der Waals surface area contributed by atoms with E-state index < -0.39 is 16.1 Å². The average molecular weight is 466 g/mol. The van der Waals surface area contributed by atoms with Crippen LogP contribution < -0.4 is 13.9 Å². The summed E-state index contributed by atoms with van der Waals surface area (Å²) < 4.78 is 30.5. The van der Waals surface area contributed by atoms with E-state index in [9.17, 15) is 13.2 Å². The van der Waals surface area contributed by atoms with Crippen molar-refractivity contribution in [2.24, 2.45) is 0 Å². The maximum atomic E-state index is 13.0. The summed E-state index contributed by atoms with van der Waals surface area (Å²) in [7, 11) is -1.84. The van der Waals surface area contributed by atoms with Gasteiger partial charge in [-0.15, -0.1) is 0 Å². The standard InChI is InChI=1S/C22H28ClN3O4S/c1-4-21(30-20-10-8-18(9-11-20)24(2)31(3,28)29)22(27)26-14-12-25(13-15-26)19-7-5-6-17(23)16-19/h5-11,16,21H,4,12-15H2,1-3H3/t21-/m1/s1. The van der Waals surface area contributed by atoms with Crippen molar-refractivity contribution in [2.75, 3.05) is 48.7 Å². The molecule has 0 unspecified atom stereocenters. The molecule has 0 saturated carbocycles. The number of piperazine rings is 1. The first-order valence-electron chi connectivity index (χ1n) is 10.2. The quantitative estimate of drug-likeness (QED) is 0.627. The molecule has 1 fully saturated rings. The highest BCUT2D eigenvalue weighted by molar-refractivity contribution is 7.92. The van der Waals surface area contributed by atoms with E-state index in [1.165, 1.54) is 11.4 Å². The van der Waals surface area contributed by atoms with E-state index in [1.807, 2.05) is 36.1 Å². The largest absolute Gasteiger partial charge is 0.481 e. The molecule has 31 heavy (non-hydrogen) atoms. The van der Waals surface area contributed by atoms with E-state index in [2.05, 4.69) is 4.90 Å². The summed E-state index contributed by atoms with van der Waals surface area (Å²) in [6.07, 6.45) is 1.10.